The van der Waals surface area contributed by atoms with Gasteiger partial charge in [-0.25, -0.2) is 16.8 Å². The molecule has 0 amide bonds. The molecule has 1 aromatic heterocycles. The number of aromatic nitrogens is 1. The second kappa shape index (κ2) is 11.8. The van der Waals surface area contributed by atoms with Gasteiger partial charge in [0.05, 0.1) is 27.9 Å². The van der Waals surface area contributed by atoms with Crippen LogP contribution in [0.15, 0.2) is 70.6 Å². The Bertz CT molecular complexity index is 1640. The summed E-state index contributed by atoms with van der Waals surface area (Å²) in [6.45, 7) is 1.53. The highest BCUT2D eigenvalue weighted by molar-refractivity contribution is 7.92. The average Bonchev–Trinajstić information content (AvgIpc) is 3.36. The lowest BCUT2D eigenvalue weighted by Gasteiger charge is -2.38. The van der Waals surface area contributed by atoms with Crippen molar-refractivity contribution >= 4 is 30.8 Å². The molecular formula is C30H37N3O7S2. The summed E-state index contributed by atoms with van der Waals surface area (Å²) in [6.07, 6.45) is 4.89. The number of piperidine rings is 1. The monoisotopic (exact) mass is 615 g/mol. The van der Waals surface area contributed by atoms with E-state index < -0.39 is 26.0 Å². The van der Waals surface area contributed by atoms with E-state index in [0.29, 0.717) is 57.7 Å². The van der Waals surface area contributed by atoms with E-state index >= 15 is 0 Å². The molecule has 12 heteroatoms. The molecule has 226 valence electrons. The van der Waals surface area contributed by atoms with Crippen molar-refractivity contribution in [2.75, 3.05) is 32.8 Å². The number of sulfonamides is 1. The number of aliphatic hydroxyl groups excluding tert-OH is 1. The highest BCUT2D eigenvalue weighted by atomic mass is 32.2. The molecule has 3 aromatic rings. The Balaban J connectivity index is 0.967. The van der Waals surface area contributed by atoms with Crippen LogP contribution in [0.4, 0.5) is 0 Å². The maximum atomic E-state index is 13.3. The molecule has 1 aliphatic carbocycles. The maximum Gasteiger partial charge on any atom is 0.244 e. The summed E-state index contributed by atoms with van der Waals surface area (Å²) in [6, 6.07) is 15.6. The summed E-state index contributed by atoms with van der Waals surface area (Å²) < 4.78 is 65.4. The van der Waals surface area contributed by atoms with Crippen molar-refractivity contribution in [2.45, 2.75) is 71.3 Å². The summed E-state index contributed by atoms with van der Waals surface area (Å²) >= 11 is 0. The number of fused-ring (bicyclic) bond motifs is 1. The predicted molar refractivity (Wildman–Crippen MR) is 158 cm³/mol. The van der Waals surface area contributed by atoms with Gasteiger partial charge in [0.1, 0.15) is 23.4 Å². The number of para-hydroxylation sites is 1. The highest BCUT2D eigenvalue weighted by Gasteiger charge is 2.44. The van der Waals surface area contributed by atoms with Gasteiger partial charge in [0.15, 0.2) is 9.84 Å². The van der Waals surface area contributed by atoms with Crippen LogP contribution in [0.2, 0.25) is 0 Å². The lowest BCUT2D eigenvalue weighted by Crippen LogP contribution is -2.47. The Morgan fingerprint density at radius 3 is 2.60 bits per heavy atom. The molecule has 2 N–H and O–H groups in total. The fourth-order valence-corrected chi connectivity index (χ4v) is 9.28. The van der Waals surface area contributed by atoms with Crippen LogP contribution in [0, 0.1) is 0 Å². The van der Waals surface area contributed by atoms with E-state index in [1.165, 1.54) is 16.6 Å². The molecule has 3 heterocycles. The number of sulfone groups is 1. The van der Waals surface area contributed by atoms with E-state index in [-0.39, 0.29) is 33.3 Å². The van der Waals surface area contributed by atoms with Gasteiger partial charge in [0, 0.05) is 37.3 Å². The van der Waals surface area contributed by atoms with Crippen LogP contribution in [0.1, 0.15) is 38.5 Å². The first-order valence-electron chi connectivity index (χ1n) is 14.5. The van der Waals surface area contributed by atoms with Crippen LogP contribution in [0.5, 0.6) is 5.75 Å². The van der Waals surface area contributed by atoms with E-state index in [4.69, 9.17) is 9.47 Å². The predicted octanol–water partition coefficient (Wildman–Crippen LogP) is 2.90. The van der Waals surface area contributed by atoms with Gasteiger partial charge in [-0.1, -0.05) is 30.7 Å². The fourth-order valence-electron chi connectivity index (χ4n) is 5.97. The molecule has 3 aliphatic rings. The molecular weight excluding hydrogens is 578 g/mol. The van der Waals surface area contributed by atoms with Crippen LogP contribution in [-0.4, -0.2) is 87.1 Å². The summed E-state index contributed by atoms with van der Waals surface area (Å²) in [4.78, 5) is 4.78. The van der Waals surface area contributed by atoms with Gasteiger partial charge in [-0.05, 0) is 62.4 Å². The highest BCUT2D eigenvalue weighted by Crippen LogP contribution is 2.37. The number of hydrogen-bond donors (Lipinski definition) is 2. The van der Waals surface area contributed by atoms with Crippen molar-refractivity contribution in [3.8, 4) is 5.75 Å². The number of pyridine rings is 1. The lowest BCUT2D eigenvalue weighted by molar-refractivity contribution is -0.0312. The number of ether oxygens (including phenoxy) is 2. The zero-order chi connectivity index (χ0) is 29.4. The molecule has 1 unspecified atom stereocenters. The van der Waals surface area contributed by atoms with Crippen molar-refractivity contribution in [1.82, 2.24) is 14.6 Å². The molecule has 6 rings (SSSR count). The number of nitrogens with zero attached hydrogens (tertiary/aromatic N) is 2. The van der Waals surface area contributed by atoms with Crippen LogP contribution in [-0.2, 0) is 24.6 Å². The van der Waals surface area contributed by atoms with E-state index in [9.17, 15) is 21.9 Å². The largest absolute Gasteiger partial charge is 0.491 e. The minimum absolute atomic E-state index is 0.0229. The van der Waals surface area contributed by atoms with Crippen molar-refractivity contribution < 1.29 is 31.4 Å². The summed E-state index contributed by atoms with van der Waals surface area (Å²) in [5.74, 6) is 0.416. The number of nitrogens with one attached hydrogen (secondary N) is 1. The second-order valence-electron chi connectivity index (χ2n) is 11.6. The molecule has 2 atom stereocenters. The third-order valence-electron chi connectivity index (χ3n) is 8.76. The number of hydrogen-bond acceptors (Lipinski definition) is 9. The van der Waals surface area contributed by atoms with Gasteiger partial charge in [-0.3, -0.25) is 4.98 Å². The van der Waals surface area contributed by atoms with Crippen LogP contribution in [0.3, 0.4) is 0 Å². The zero-order valence-corrected chi connectivity index (χ0v) is 25.0. The maximum absolute atomic E-state index is 13.3. The van der Waals surface area contributed by atoms with Crippen LogP contribution in [0.25, 0.3) is 10.9 Å². The normalized spacial score (nSPS) is 22.3. The summed E-state index contributed by atoms with van der Waals surface area (Å²) in [7, 11) is -7.00. The Hall–Kier alpha value is -2.61. The van der Waals surface area contributed by atoms with Crippen LogP contribution < -0.4 is 10.1 Å². The minimum Gasteiger partial charge on any atom is -0.491 e. The Kier molecular flexibility index (Phi) is 8.29. The van der Waals surface area contributed by atoms with Crippen molar-refractivity contribution in [3.05, 3.63) is 60.8 Å². The molecule has 0 bridgehead atoms. The first-order valence-corrected chi connectivity index (χ1v) is 17.5. The summed E-state index contributed by atoms with van der Waals surface area (Å²) in [5, 5.41) is 14.3. The number of benzene rings is 2. The van der Waals surface area contributed by atoms with E-state index in [1.54, 1.807) is 24.3 Å². The smallest absolute Gasteiger partial charge is 0.244 e. The van der Waals surface area contributed by atoms with Gasteiger partial charge in [0.2, 0.25) is 10.0 Å². The van der Waals surface area contributed by atoms with E-state index in [1.807, 2.05) is 24.3 Å². The Morgan fingerprint density at radius 1 is 1.05 bits per heavy atom. The number of aliphatic hydroxyl groups is 1. The molecule has 2 saturated heterocycles. The first kappa shape index (κ1) is 29.5. The molecule has 2 aliphatic heterocycles. The Labute approximate surface area is 247 Å². The third-order valence-corrected chi connectivity index (χ3v) is 12.9. The van der Waals surface area contributed by atoms with Gasteiger partial charge in [0.25, 0.3) is 0 Å². The standard InChI is InChI=1S/C30H37N3O7S2/c34-24(21-39-25-6-3-9-27(16-25)41(35,36)26-7-4-8-26)18-31-23-17-30(40-20-23)11-13-33(14-12-30)42(37,38)28-15-22-5-1-2-10-29(22)32-19-28/h1-3,5-6,9-10,15-16,19,23-24,26,31,34H,4,7-8,11-14,17-18,20-21H2/t23-,24?/m1/s1. The average molecular weight is 616 g/mol. The molecule has 10 nitrogen and oxygen atoms in total. The zero-order valence-electron chi connectivity index (χ0n) is 23.4. The van der Waals surface area contributed by atoms with Gasteiger partial charge in [-0.15, -0.1) is 0 Å². The van der Waals surface area contributed by atoms with Crippen molar-refractivity contribution in [1.29, 1.82) is 0 Å². The summed E-state index contributed by atoms with van der Waals surface area (Å²) in [5.41, 5.74) is 0.367. The third kappa shape index (κ3) is 6.06. The number of rotatable bonds is 10. The molecule has 1 saturated carbocycles. The van der Waals surface area contributed by atoms with Crippen molar-refractivity contribution in [2.24, 2.45) is 0 Å². The van der Waals surface area contributed by atoms with Gasteiger partial charge in [-0.2, -0.15) is 4.31 Å². The van der Waals surface area contributed by atoms with Gasteiger partial charge < -0.3 is 19.9 Å². The molecule has 1 spiro atoms. The molecule has 2 aromatic carbocycles. The van der Waals surface area contributed by atoms with Crippen molar-refractivity contribution in [3.63, 3.8) is 0 Å². The lowest BCUT2D eigenvalue weighted by atomic mass is 9.88. The van der Waals surface area contributed by atoms with E-state index in [2.05, 4.69) is 10.3 Å². The van der Waals surface area contributed by atoms with Crippen LogP contribution >= 0.6 is 0 Å². The fraction of sp³-hybridized carbons (Fsp3) is 0.500. The minimum atomic E-state index is -3.66. The molecule has 42 heavy (non-hydrogen) atoms. The quantitative estimate of drug-likeness (QED) is 0.353. The van der Waals surface area contributed by atoms with Gasteiger partial charge >= 0.3 is 0 Å². The second-order valence-corrected chi connectivity index (χ2v) is 15.8. The first-order chi connectivity index (χ1) is 20.1. The molecule has 3 fully saturated rings. The SMILES string of the molecule is O=S(=O)(c1cccc(OCC(O)CN[C@H]2COC3(CCN(S(=O)(=O)c4cnc5ccccc5c4)CC3)C2)c1)C1CCC1. The molecule has 0 radical (unpaired) electrons. The Morgan fingerprint density at radius 2 is 1.83 bits per heavy atom. The topological polar surface area (TPSA) is 135 Å². The van der Waals surface area contributed by atoms with E-state index in [0.717, 1.165) is 23.7 Å².